The summed E-state index contributed by atoms with van der Waals surface area (Å²) in [5, 5.41) is 14.9. The molecule has 2 atom stereocenters. The van der Waals surface area contributed by atoms with E-state index in [0.717, 1.165) is 23.5 Å². The Bertz CT molecular complexity index is 901. The predicted octanol–water partition coefficient (Wildman–Crippen LogP) is 1.11. The Balaban J connectivity index is 1.86. The monoisotopic (exact) mass is 419 g/mol. The molecule has 0 saturated carbocycles. The second kappa shape index (κ2) is 8.55. The van der Waals surface area contributed by atoms with Crippen molar-refractivity contribution < 1.29 is 9.59 Å². The normalized spacial score (nSPS) is 19.0. The number of hydrogen-bond donors (Lipinski definition) is 3. The van der Waals surface area contributed by atoms with Crippen molar-refractivity contribution in [3.05, 3.63) is 17.5 Å². The number of nitrogens with zero attached hydrogens (tertiary/aromatic N) is 6. The molecule has 0 aliphatic carbocycles. The molecule has 12 heteroatoms. The summed E-state index contributed by atoms with van der Waals surface area (Å²) in [5.41, 5.74) is 6.25. The molecule has 0 bridgehead atoms. The van der Waals surface area contributed by atoms with E-state index in [1.54, 1.807) is 14.1 Å². The number of anilines is 3. The van der Waals surface area contributed by atoms with E-state index in [-0.39, 0.29) is 29.6 Å². The van der Waals surface area contributed by atoms with Crippen molar-refractivity contribution in [2.75, 3.05) is 30.9 Å². The van der Waals surface area contributed by atoms with Gasteiger partial charge in [-0.05, 0) is 44.3 Å². The molecule has 3 amide bonds. The number of aryl methyl sites for hydroxylation is 1. The lowest BCUT2D eigenvalue weighted by atomic mass is 9.98. The Kier molecular flexibility index (Phi) is 6.11. The number of piperidine rings is 1. The molecule has 3 rings (SSSR count). The smallest absolute Gasteiger partial charge is 0.317 e. The van der Waals surface area contributed by atoms with Gasteiger partial charge in [-0.2, -0.15) is 9.36 Å². The first-order valence-electron chi connectivity index (χ1n) is 9.25. The number of rotatable bonds is 5. The predicted molar refractivity (Wildman–Crippen MR) is 111 cm³/mol. The van der Waals surface area contributed by atoms with Crippen LogP contribution in [0.3, 0.4) is 0 Å². The summed E-state index contributed by atoms with van der Waals surface area (Å²) in [6, 6.07) is 1.59. The quantitative estimate of drug-likeness (QED) is 0.654. The van der Waals surface area contributed by atoms with E-state index in [1.165, 1.54) is 16.4 Å². The molecule has 4 N–H and O–H groups in total. The van der Waals surface area contributed by atoms with Gasteiger partial charge in [-0.25, -0.2) is 4.79 Å². The molecule has 1 saturated heterocycles. The van der Waals surface area contributed by atoms with E-state index in [4.69, 9.17) is 5.73 Å². The summed E-state index contributed by atoms with van der Waals surface area (Å²) >= 11 is 1.25. The molecule has 0 aromatic carbocycles. The van der Waals surface area contributed by atoms with Gasteiger partial charge in [0.25, 0.3) is 5.91 Å². The maximum absolute atomic E-state index is 12.1. The second-order valence-corrected chi connectivity index (χ2v) is 7.96. The Hall–Kier alpha value is -3.02. The average Bonchev–Trinajstić information content (AvgIpc) is 3.07. The van der Waals surface area contributed by atoms with Crippen molar-refractivity contribution in [1.82, 2.24) is 29.8 Å². The van der Waals surface area contributed by atoms with Crippen LogP contribution in [0.5, 0.6) is 0 Å². The van der Waals surface area contributed by atoms with E-state index in [2.05, 4.69) is 30.2 Å². The van der Waals surface area contributed by atoms with Gasteiger partial charge in [0.15, 0.2) is 11.5 Å². The summed E-state index contributed by atoms with van der Waals surface area (Å²) < 4.78 is 4.21. The van der Waals surface area contributed by atoms with Gasteiger partial charge < -0.3 is 26.2 Å². The van der Waals surface area contributed by atoms with E-state index in [9.17, 15) is 9.59 Å². The summed E-state index contributed by atoms with van der Waals surface area (Å²) in [6.45, 7) is 4.59. The lowest BCUT2D eigenvalue weighted by Gasteiger charge is -2.39. The highest BCUT2D eigenvalue weighted by Crippen LogP contribution is 2.26. The largest absolute Gasteiger partial charge is 0.364 e. The van der Waals surface area contributed by atoms with Crippen LogP contribution in [-0.4, -0.2) is 69.1 Å². The van der Waals surface area contributed by atoms with Crippen molar-refractivity contribution in [2.24, 2.45) is 5.73 Å². The Labute approximate surface area is 172 Å². The minimum absolute atomic E-state index is 0.0399. The number of nitrogens with one attached hydrogen (secondary N) is 2. The van der Waals surface area contributed by atoms with Gasteiger partial charge in [-0.3, -0.25) is 4.79 Å². The fraction of sp³-hybridized carbons (Fsp3) is 0.529. The number of amides is 3. The van der Waals surface area contributed by atoms with E-state index >= 15 is 0 Å². The number of aromatic nitrogens is 4. The molecule has 1 fully saturated rings. The van der Waals surface area contributed by atoms with Gasteiger partial charge in [0, 0.05) is 26.7 Å². The van der Waals surface area contributed by atoms with Crippen LogP contribution in [0.25, 0.3) is 0 Å². The molecule has 1 aliphatic rings. The Morgan fingerprint density at radius 1 is 1.34 bits per heavy atom. The second-order valence-electron chi connectivity index (χ2n) is 7.16. The van der Waals surface area contributed by atoms with Crippen LogP contribution >= 0.6 is 11.5 Å². The maximum Gasteiger partial charge on any atom is 0.317 e. The lowest BCUT2D eigenvalue weighted by molar-refractivity contribution is 0.0995. The molecule has 3 heterocycles. The third-order valence-electron chi connectivity index (χ3n) is 4.74. The average molecular weight is 420 g/mol. The number of hydrogen-bond acceptors (Lipinski definition) is 9. The first-order valence-corrected chi connectivity index (χ1v) is 10.0. The number of carbonyl (C=O) groups excluding carboxylic acids is 2. The molecule has 11 nitrogen and oxygen atoms in total. The zero-order valence-electron chi connectivity index (χ0n) is 16.8. The van der Waals surface area contributed by atoms with Crippen molar-refractivity contribution >= 4 is 40.2 Å². The summed E-state index contributed by atoms with van der Waals surface area (Å²) in [7, 11) is 3.41. The van der Waals surface area contributed by atoms with Crippen molar-refractivity contribution in [2.45, 2.75) is 38.8 Å². The molecule has 0 spiro atoms. The highest BCUT2D eigenvalue weighted by atomic mass is 32.1. The SMILES string of the molecule is Cc1cc(Nc2nc(N3CCC[C@@H](NC(=O)N(C)C)[C@H]3C)nnc2C(N)=O)sn1. The number of carbonyl (C=O) groups is 2. The summed E-state index contributed by atoms with van der Waals surface area (Å²) in [5.74, 6) is -0.115. The van der Waals surface area contributed by atoms with Gasteiger partial charge in [-0.15, -0.1) is 10.2 Å². The molecule has 29 heavy (non-hydrogen) atoms. The van der Waals surface area contributed by atoms with Crippen LogP contribution in [0, 0.1) is 6.92 Å². The van der Waals surface area contributed by atoms with Crippen molar-refractivity contribution in [1.29, 1.82) is 0 Å². The molecule has 0 radical (unpaired) electrons. The third kappa shape index (κ3) is 4.70. The summed E-state index contributed by atoms with van der Waals surface area (Å²) in [6.07, 6.45) is 1.72. The topological polar surface area (TPSA) is 142 Å². The molecular formula is C17H25N9O2S. The van der Waals surface area contributed by atoms with E-state index in [1.807, 2.05) is 24.8 Å². The van der Waals surface area contributed by atoms with Gasteiger partial charge in [0.2, 0.25) is 5.95 Å². The van der Waals surface area contributed by atoms with E-state index in [0.29, 0.717) is 12.5 Å². The van der Waals surface area contributed by atoms with Gasteiger partial charge in [-0.1, -0.05) is 0 Å². The summed E-state index contributed by atoms with van der Waals surface area (Å²) in [4.78, 5) is 31.8. The Morgan fingerprint density at radius 3 is 2.72 bits per heavy atom. The molecule has 2 aromatic heterocycles. The lowest BCUT2D eigenvalue weighted by Crippen LogP contribution is -2.56. The van der Waals surface area contributed by atoms with Gasteiger partial charge in [0.05, 0.1) is 11.7 Å². The zero-order valence-corrected chi connectivity index (χ0v) is 17.7. The fourth-order valence-electron chi connectivity index (χ4n) is 3.14. The standard InChI is InChI=1S/C17H25N9O2S/c1-9-8-12(29-24-9)20-15-13(14(18)27)22-23-16(21-15)26-7-5-6-11(10(26)2)19-17(28)25(3)4/h8,10-11H,5-7H2,1-4H3,(H2,18,27)(H,19,28)(H,20,21,23)/t10-,11-/m1/s1. The van der Waals surface area contributed by atoms with Crippen molar-refractivity contribution in [3.63, 3.8) is 0 Å². The van der Waals surface area contributed by atoms with Crippen LogP contribution in [0.15, 0.2) is 6.07 Å². The molecular weight excluding hydrogens is 394 g/mol. The molecule has 0 unspecified atom stereocenters. The van der Waals surface area contributed by atoms with Crippen LogP contribution in [0.2, 0.25) is 0 Å². The number of primary amides is 1. The van der Waals surface area contributed by atoms with Crippen molar-refractivity contribution in [3.8, 4) is 0 Å². The first-order chi connectivity index (χ1) is 13.8. The number of nitrogens with two attached hydrogens (primary N) is 1. The fourth-order valence-corrected chi connectivity index (χ4v) is 3.80. The van der Waals surface area contributed by atoms with Gasteiger partial charge in [0.1, 0.15) is 5.00 Å². The minimum Gasteiger partial charge on any atom is -0.364 e. The van der Waals surface area contributed by atoms with E-state index < -0.39 is 5.91 Å². The Morgan fingerprint density at radius 2 is 2.10 bits per heavy atom. The van der Waals surface area contributed by atoms with Crippen LogP contribution < -0.4 is 21.3 Å². The van der Waals surface area contributed by atoms with Crippen LogP contribution in [0.1, 0.15) is 35.9 Å². The molecule has 1 aliphatic heterocycles. The van der Waals surface area contributed by atoms with Crippen LogP contribution in [-0.2, 0) is 0 Å². The number of urea groups is 1. The van der Waals surface area contributed by atoms with Gasteiger partial charge >= 0.3 is 6.03 Å². The maximum atomic E-state index is 12.1. The highest BCUT2D eigenvalue weighted by molar-refractivity contribution is 7.10. The first kappa shape index (κ1) is 20.7. The third-order valence-corrected chi connectivity index (χ3v) is 5.53. The molecule has 156 valence electrons. The zero-order chi connectivity index (χ0) is 21.1. The van der Waals surface area contributed by atoms with Crippen LogP contribution in [0.4, 0.5) is 21.6 Å². The highest BCUT2D eigenvalue weighted by Gasteiger charge is 2.32. The molecule has 2 aromatic rings. The minimum atomic E-state index is -0.719.